The zero-order valence-corrected chi connectivity index (χ0v) is 11.5. The van der Waals surface area contributed by atoms with Crippen molar-refractivity contribution in [1.29, 1.82) is 0 Å². The summed E-state index contributed by atoms with van der Waals surface area (Å²) in [6.07, 6.45) is -2.44. The molecule has 1 N–H and O–H groups in total. The smallest absolute Gasteiger partial charge is 0.393 e. The molecule has 0 aliphatic carbocycles. The Kier molecular flexibility index (Phi) is 4.91. The average molecular weight is 287 g/mol. The number of halogens is 3. The molecule has 1 aliphatic rings. The van der Waals surface area contributed by atoms with E-state index in [-0.39, 0.29) is 19.0 Å². The van der Waals surface area contributed by atoms with Crippen LogP contribution in [-0.2, 0) is 0 Å². The summed E-state index contributed by atoms with van der Waals surface area (Å²) in [5, 5.41) is 2.99. The van der Waals surface area contributed by atoms with Gasteiger partial charge in [0.2, 0.25) is 0 Å². The SMILES string of the molecule is CCCOc1ccc(C2CCC(C(F)(F)F)CN2)cc1. The standard InChI is InChI=1S/C15H20F3NO/c1-2-9-20-13-6-3-11(4-7-13)14-8-5-12(10-19-14)15(16,17)18/h3-4,6-7,12,14,19H,2,5,8-10H2,1H3. The topological polar surface area (TPSA) is 21.3 Å². The van der Waals surface area contributed by atoms with Crippen LogP contribution in [0.25, 0.3) is 0 Å². The van der Waals surface area contributed by atoms with Gasteiger partial charge < -0.3 is 10.1 Å². The normalized spacial score (nSPS) is 23.6. The molecule has 0 spiro atoms. The molecule has 1 saturated heterocycles. The molecule has 2 nitrogen and oxygen atoms in total. The van der Waals surface area contributed by atoms with Crippen molar-refractivity contribution in [3.63, 3.8) is 0 Å². The van der Waals surface area contributed by atoms with E-state index in [1.54, 1.807) is 0 Å². The third kappa shape index (κ3) is 3.88. The second-order valence-corrected chi connectivity index (χ2v) is 5.19. The molecule has 0 bridgehead atoms. The van der Waals surface area contributed by atoms with Crippen LogP contribution in [0, 0.1) is 5.92 Å². The van der Waals surface area contributed by atoms with Crippen molar-refractivity contribution in [2.45, 2.75) is 38.4 Å². The molecule has 0 amide bonds. The second kappa shape index (κ2) is 6.48. The van der Waals surface area contributed by atoms with Crippen LogP contribution in [0.3, 0.4) is 0 Å². The lowest BCUT2D eigenvalue weighted by Gasteiger charge is -2.31. The maximum Gasteiger partial charge on any atom is 0.393 e. The molecule has 20 heavy (non-hydrogen) atoms. The van der Waals surface area contributed by atoms with Crippen LogP contribution in [0.5, 0.6) is 5.75 Å². The molecular formula is C15H20F3NO. The lowest BCUT2D eigenvalue weighted by Crippen LogP contribution is -2.40. The van der Waals surface area contributed by atoms with Gasteiger partial charge in [0.25, 0.3) is 0 Å². The monoisotopic (exact) mass is 287 g/mol. The van der Waals surface area contributed by atoms with Crippen LogP contribution in [0.15, 0.2) is 24.3 Å². The van der Waals surface area contributed by atoms with E-state index < -0.39 is 12.1 Å². The average Bonchev–Trinajstić information content (AvgIpc) is 2.45. The number of benzene rings is 1. The zero-order valence-electron chi connectivity index (χ0n) is 11.5. The molecule has 1 aliphatic heterocycles. The van der Waals surface area contributed by atoms with Crippen LogP contribution in [0.4, 0.5) is 13.2 Å². The Bertz CT molecular complexity index is 408. The summed E-state index contributed by atoms with van der Waals surface area (Å²) in [5.74, 6) is -0.412. The van der Waals surface area contributed by atoms with E-state index in [1.807, 2.05) is 31.2 Å². The zero-order chi connectivity index (χ0) is 14.6. The fourth-order valence-corrected chi connectivity index (χ4v) is 2.44. The van der Waals surface area contributed by atoms with Crippen LogP contribution in [-0.4, -0.2) is 19.3 Å². The summed E-state index contributed by atoms with van der Waals surface area (Å²) in [7, 11) is 0. The number of alkyl halides is 3. The van der Waals surface area contributed by atoms with E-state index in [4.69, 9.17) is 4.74 Å². The van der Waals surface area contributed by atoms with Gasteiger partial charge in [-0.1, -0.05) is 19.1 Å². The maximum atomic E-state index is 12.6. The van der Waals surface area contributed by atoms with Gasteiger partial charge in [-0.05, 0) is 37.0 Å². The van der Waals surface area contributed by atoms with Gasteiger partial charge in [0.05, 0.1) is 12.5 Å². The predicted octanol–water partition coefficient (Wildman–Crippen LogP) is 4.08. The van der Waals surface area contributed by atoms with Gasteiger partial charge in [0.15, 0.2) is 0 Å². The van der Waals surface area contributed by atoms with Gasteiger partial charge in [0, 0.05) is 12.6 Å². The molecule has 2 unspecified atom stereocenters. The van der Waals surface area contributed by atoms with Gasteiger partial charge in [-0.2, -0.15) is 13.2 Å². The minimum atomic E-state index is -4.09. The number of hydrogen-bond acceptors (Lipinski definition) is 2. The summed E-state index contributed by atoms with van der Waals surface area (Å²) < 4.78 is 43.2. The molecule has 112 valence electrons. The molecule has 2 rings (SSSR count). The number of hydrogen-bond donors (Lipinski definition) is 1. The van der Waals surface area contributed by atoms with Gasteiger partial charge in [-0.3, -0.25) is 0 Å². The Morgan fingerprint density at radius 1 is 1.20 bits per heavy atom. The fraction of sp³-hybridized carbons (Fsp3) is 0.600. The highest BCUT2D eigenvalue weighted by molar-refractivity contribution is 5.29. The summed E-state index contributed by atoms with van der Waals surface area (Å²) in [6.45, 7) is 2.72. The van der Waals surface area contributed by atoms with Crippen LogP contribution in [0.2, 0.25) is 0 Å². The van der Waals surface area contributed by atoms with E-state index in [0.29, 0.717) is 13.0 Å². The first kappa shape index (κ1) is 15.2. The number of ether oxygens (including phenoxy) is 1. The van der Waals surface area contributed by atoms with Crippen LogP contribution in [0.1, 0.15) is 37.8 Å². The van der Waals surface area contributed by atoms with Gasteiger partial charge in [0.1, 0.15) is 5.75 Å². The molecule has 1 aromatic carbocycles. The van der Waals surface area contributed by atoms with Gasteiger partial charge in [-0.25, -0.2) is 0 Å². The third-order valence-electron chi connectivity index (χ3n) is 3.63. The highest BCUT2D eigenvalue weighted by Crippen LogP contribution is 2.35. The molecule has 5 heteroatoms. The summed E-state index contributed by atoms with van der Waals surface area (Å²) in [6, 6.07) is 7.62. The van der Waals surface area contributed by atoms with E-state index in [9.17, 15) is 13.2 Å². The molecule has 0 radical (unpaired) electrons. The minimum absolute atomic E-state index is 0.00223. The Hall–Kier alpha value is -1.23. The summed E-state index contributed by atoms with van der Waals surface area (Å²) >= 11 is 0. The number of nitrogens with one attached hydrogen (secondary N) is 1. The van der Waals surface area contributed by atoms with Crippen LogP contribution < -0.4 is 10.1 Å². The van der Waals surface area contributed by atoms with E-state index in [1.165, 1.54) is 0 Å². The molecular weight excluding hydrogens is 267 g/mol. The Labute approximate surface area is 117 Å². The number of piperidine rings is 1. The van der Waals surface area contributed by atoms with Crippen molar-refractivity contribution in [3.05, 3.63) is 29.8 Å². The molecule has 1 aromatic rings. The maximum absolute atomic E-state index is 12.6. The van der Waals surface area contributed by atoms with Crippen molar-refractivity contribution in [2.75, 3.05) is 13.2 Å². The van der Waals surface area contributed by atoms with Crippen molar-refractivity contribution in [2.24, 2.45) is 5.92 Å². The Morgan fingerprint density at radius 2 is 1.90 bits per heavy atom. The molecule has 2 atom stereocenters. The van der Waals surface area contributed by atoms with Crippen molar-refractivity contribution in [3.8, 4) is 5.75 Å². The van der Waals surface area contributed by atoms with E-state index >= 15 is 0 Å². The Balaban J connectivity index is 1.90. The predicted molar refractivity (Wildman–Crippen MR) is 71.8 cm³/mol. The third-order valence-corrected chi connectivity index (χ3v) is 3.63. The highest BCUT2D eigenvalue weighted by atomic mass is 19.4. The Morgan fingerprint density at radius 3 is 2.40 bits per heavy atom. The van der Waals surface area contributed by atoms with Gasteiger partial charge in [-0.15, -0.1) is 0 Å². The quantitative estimate of drug-likeness (QED) is 0.901. The van der Waals surface area contributed by atoms with Crippen molar-refractivity contribution in [1.82, 2.24) is 5.32 Å². The lowest BCUT2D eigenvalue weighted by atomic mass is 9.90. The molecule has 0 saturated carbocycles. The van der Waals surface area contributed by atoms with Gasteiger partial charge >= 0.3 is 6.18 Å². The molecule has 1 heterocycles. The number of rotatable bonds is 4. The largest absolute Gasteiger partial charge is 0.494 e. The summed E-state index contributed by atoms with van der Waals surface area (Å²) in [4.78, 5) is 0. The lowest BCUT2D eigenvalue weighted by molar-refractivity contribution is -0.179. The minimum Gasteiger partial charge on any atom is -0.494 e. The molecule has 1 fully saturated rings. The van der Waals surface area contributed by atoms with Crippen LogP contribution >= 0.6 is 0 Å². The van der Waals surface area contributed by atoms with Crippen molar-refractivity contribution < 1.29 is 17.9 Å². The fourth-order valence-electron chi connectivity index (χ4n) is 2.44. The molecule has 0 aromatic heterocycles. The van der Waals surface area contributed by atoms with E-state index in [2.05, 4.69) is 5.32 Å². The first-order chi connectivity index (χ1) is 9.50. The van der Waals surface area contributed by atoms with Crippen molar-refractivity contribution >= 4 is 0 Å². The summed E-state index contributed by atoms with van der Waals surface area (Å²) in [5.41, 5.74) is 1.02. The first-order valence-electron chi connectivity index (χ1n) is 7.03. The first-order valence-corrected chi connectivity index (χ1v) is 7.03. The highest BCUT2D eigenvalue weighted by Gasteiger charge is 2.41. The van der Waals surface area contributed by atoms with E-state index in [0.717, 1.165) is 17.7 Å². The second-order valence-electron chi connectivity index (χ2n) is 5.19.